The summed E-state index contributed by atoms with van der Waals surface area (Å²) in [5.41, 5.74) is 1.16. The zero-order valence-electron chi connectivity index (χ0n) is 21.8. The summed E-state index contributed by atoms with van der Waals surface area (Å²) in [6, 6.07) is 6.78. The molecule has 40 heavy (non-hydrogen) atoms. The molecule has 2 aromatic heterocycles. The summed E-state index contributed by atoms with van der Waals surface area (Å²) in [6.45, 7) is 0.339. The minimum atomic E-state index is -4.47. The van der Waals surface area contributed by atoms with Gasteiger partial charge < -0.3 is 19.6 Å². The molecule has 0 radical (unpaired) electrons. The first-order valence-corrected chi connectivity index (χ1v) is 13.2. The fourth-order valence-corrected chi connectivity index (χ4v) is 6.33. The Kier molecular flexibility index (Phi) is 6.45. The fourth-order valence-electron chi connectivity index (χ4n) is 6.33. The minimum absolute atomic E-state index is 0.0912. The molecule has 0 bridgehead atoms. The molecular formula is C27H29F3N6O4. The number of ether oxygens (including phenoxy) is 1. The Balaban J connectivity index is 1.24. The summed E-state index contributed by atoms with van der Waals surface area (Å²) < 4.78 is 46.0. The Morgan fingerprint density at radius 3 is 2.73 bits per heavy atom. The second kappa shape index (κ2) is 9.73. The van der Waals surface area contributed by atoms with Crippen LogP contribution in [-0.2, 0) is 10.2 Å². The number of halogens is 3. The minimum Gasteiger partial charge on any atom is -0.481 e. The van der Waals surface area contributed by atoms with Gasteiger partial charge in [0.25, 0.3) is 5.91 Å². The third kappa shape index (κ3) is 4.27. The van der Waals surface area contributed by atoms with Crippen molar-refractivity contribution in [2.45, 2.75) is 49.5 Å². The summed E-state index contributed by atoms with van der Waals surface area (Å²) in [5.74, 6) is -0.198. The number of H-pyrrole nitrogens is 1. The molecule has 5 heterocycles. The maximum atomic E-state index is 14.0. The number of hydrogen-bond acceptors (Lipinski definition) is 7. The summed E-state index contributed by atoms with van der Waals surface area (Å²) in [7, 11) is 1.46. The molecule has 2 atom stereocenters. The third-order valence-corrected chi connectivity index (χ3v) is 8.45. The van der Waals surface area contributed by atoms with Crippen LogP contribution in [0.1, 0.15) is 41.7 Å². The number of carbonyl (C=O) groups excluding carboxylic acids is 2. The predicted molar refractivity (Wildman–Crippen MR) is 138 cm³/mol. The number of aromatic nitrogens is 3. The number of rotatable bonds is 5. The van der Waals surface area contributed by atoms with Gasteiger partial charge in [0.2, 0.25) is 11.8 Å². The molecule has 0 saturated carbocycles. The highest BCUT2D eigenvalue weighted by molar-refractivity contribution is 6.08. The Labute approximate surface area is 227 Å². The molecule has 2 N–H and O–H groups in total. The number of fused-ring (bicyclic) bond motifs is 3. The lowest BCUT2D eigenvalue weighted by molar-refractivity contribution is -0.194. The zero-order chi connectivity index (χ0) is 28.2. The molecule has 0 aliphatic carbocycles. The largest absolute Gasteiger partial charge is 0.481 e. The van der Waals surface area contributed by atoms with E-state index in [2.05, 4.69) is 15.2 Å². The van der Waals surface area contributed by atoms with Crippen LogP contribution in [0.25, 0.3) is 10.9 Å². The number of carbonyl (C=O) groups is 2. The third-order valence-electron chi connectivity index (χ3n) is 8.45. The topological polar surface area (TPSA) is 115 Å². The van der Waals surface area contributed by atoms with Crippen molar-refractivity contribution >= 4 is 28.4 Å². The fraction of sp³-hybridized carbons (Fsp3) is 0.481. The van der Waals surface area contributed by atoms with E-state index in [4.69, 9.17) is 4.74 Å². The van der Waals surface area contributed by atoms with Gasteiger partial charge >= 0.3 is 6.18 Å². The molecule has 3 aromatic rings. The number of piperidine rings is 1. The molecule has 1 spiro atoms. The number of amides is 2. The lowest BCUT2D eigenvalue weighted by Gasteiger charge is -2.38. The standard InChI is InChI=1S/C27H29F3N6O4/c1-40-21-7-6-19-23(32-21)26(25(39)36(19)15-22(37)35-10-2-3-20(35)27(28,29)30)8-11-34(12-9-26)24(38)16-4-5-18-17(13-16)14-31-33-18/h4-7,13-14,20,22,37H,2-3,8-12,15H2,1H3,(H,31,33)/t20-,22?/m0/s1. The van der Waals surface area contributed by atoms with Gasteiger partial charge in [0.1, 0.15) is 12.3 Å². The van der Waals surface area contributed by atoms with Gasteiger partial charge in [-0.25, -0.2) is 4.98 Å². The first-order chi connectivity index (χ1) is 19.1. The highest BCUT2D eigenvalue weighted by atomic mass is 19.4. The number of nitrogens with zero attached hydrogens (tertiary/aromatic N) is 5. The van der Waals surface area contributed by atoms with Crippen LogP contribution in [0.2, 0.25) is 0 Å². The highest BCUT2D eigenvalue weighted by Crippen LogP contribution is 2.48. The van der Waals surface area contributed by atoms with Gasteiger partial charge in [0, 0.05) is 36.7 Å². The number of aliphatic hydroxyl groups excluding tert-OH is 1. The first-order valence-electron chi connectivity index (χ1n) is 13.2. The van der Waals surface area contributed by atoms with Gasteiger partial charge in [0.05, 0.1) is 42.2 Å². The Morgan fingerprint density at radius 1 is 1.23 bits per heavy atom. The number of aromatic amines is 1. The van der Waals surface area contributed by atoms with E-state index in [0.717, 1.165) is 15.8 Å². The number of alkyl halides is 3. The molecule has 2 amide bonds. The maximum Gasteiger partial charge on any atom is 0.404 e. The maximum absolute atomic E-state index is 14.0. The first kappa shape index (κ1) is 26.5. The number of β-amino-alcohol motifs (C(OH)–C–C–N with tert-alkyl or cyclic N) is 1. The number of pyridine rings is 1. The van der Waals surface area contributed by atoms with E-state index in [9.17, 15) is 27.9 Å². The smallest absolute Gasteiger partial charge is 0.404 e. The predicted octanol–water partition coefficient (Wildman–Crippen LogP) is 2.83. The molecule has 212 valence electrons. The zero-order valence-corrected chi connectivity index (χ0v) is 21.8. The van der Waals surface area contributed by atoms with Crippen LogP contribution < -0.4 is 9.64 Å². The van der Waals surface area contributed by atoms with Crippen molar-refractivity contribution in [3.8, 4) is 5.88 Å². The van der Waals surface area contributed by atoms with Crippen molar-refractivity contribution in [3.63, 3.8) is 0 Å². The van der Waals surface area contributed by atoms with Crippen LogP contribution in [0.4, 0.5) is 18.9 Å². The number of methoxy groups -OCH3 is 1. The molecule has 2 saturated heterocycles. The average Bonchev–Trinajstić information content (AvgIpc) is 3.68. The number of hydrogen-bond donors (Lipinski definition) is 2. The van der Waals surface area contributed by atoms with Crippen molar-refractivity contribution in [2.24, 2.45) is 0 Å². The Hall–Kier alpha value is -3.71. The number of likely N-dealkylation sites (tertiary alicyclic amines) is 2. The molecule has 3 aliphatic heterocycles. The van der Waals surface area contributed by atoms with Gasteiger partial charge in [-0.2, -0.15) is 18.3 Å². The Morgan fingerprint density at radius 2 is 2.00 bits per heavy atom. The van der Waals surface area contributed by atoms with E-state index in [-0.39, 0.29) is 57.3 Å². The van der Waals surface area contributed by atoms with Crippen molar-refractivity contribution in [1.82, 2.24) is 25.0 Å². The second-order valence-electron chi connectivity index (χ2n) is 10.6. The van der Waals surface area contributed by atoms with Gasteiger partial charge in [-0.3, -0.25) is 19.6 Å². The van der Waals surface area contributed by atoms with Crippen LogP contribution in [0.5, 0.6) is 5.88 Å². The van der Waals surface area contributed by atoms with E-state index < -0.39 is 23.9 Å². The molecule has 13 heteroatoms. The molecule has 2 fully saturated rings. The van der Waals surface area contributed by atoms with E-state index in [1.807, 2.05) is 0 Å². The van der Waals surface area contributed by atoms with Crippen molar-refractivity contribution < 1.29 is 32.6 Å². The SMILES string of the molecule is COc1ccc2c(n1)C1(CCN(C(=O)c3ccc4[nH]ncc4c3)CC1)C(=O)N2CC(O)N1CCC[C@H]1C(F)(F)F. The number of benzene rings is 1. The van der Waals surface area contributed by atoms with Crippen LogP contribution in [-0.4, -0.2) is 93.6 Å². The second-order valence-corrected chi connectivity index (χ2v) is 10.6. The van der Waals surface area contributed by atoms with Crippen molar-refractivity contribution in [1.29, 1.82) is 0 Å². The van der Waals surface area contributed by atoms with Crippen molar-refractivity contribution in [3.05, 3.63) is 47.8 Å². The summed E-state index contributed by atoms with van der Waals surface area (Å²) in [5, 5.41) is 18.6. The molecule has 1 aromatic carbocycles. The van der Waals surface area contributed by atoms with Crippen LogP contribution in [0.3, 0.4) is 0 Å². The lowest BCUT2D eigenvalue weighted by Crippen LogP contribution is -2.54. The summed E-state index contributed by atoms with van der Waals surface area (Å²) >= 11 is 0. The molecular weight excluding hydrogens is 529 g/mol. The van der Waals surface area contributed by atoms with Gasteiger partial charge in [-0.15, -0.1) is 0 Å². The molecule has 6 rings (SSSR count). The summed E-state index contributed by atoms with van der Waals surface area (Å²) in [4.78, 5) is 36.0. The van der Waals surface area contributed by atoms with Crippen LogP contribution in [0.15, 0.2) is 36.5 Å². The molecule has 3 aliphatic rings. The van der Waals surface area contributed by atoms with Gasteiger partial charge in [-0.05, 0) is 49.9 Å². The van der Waals surface area contributed by atoms with Crippen molar-refractivity contribution in [2.75, 3.05) is 38.2 Å². The summed E-state index contributed by atoms with van der Waals surface area (Å²) in [6.07, 6.45) is -3.55. The van der Waals surface area contributed by atoms with Gasteiger partial charge in [0.15, 0.2) is 0 Å². The number of anilines is 1. The normalized spacial score (nSPS) is 21.8. The molecule has 1 unspecified atom stereocenters. The van der Waals surface area contributed by atoms with E-state index in [1.165, 1.54) is 12.0 Å². The Bertz CT molecular complexity index is 1450. The lowest BCUT2D eigenvalue weighted by atomic mass is 9.76. The quantitative estimate of drug-likeness (QED) is 0.495. The van der Waals surface area contributed by atoms with E-state index in [0.29, 0.717) is 29.2 Å². The van der Waals surface area contributed by atoms with E-state index in [1.54, 1.807) is 41.4 Å². The number of aliphatic hydroxyl groups is 1. The monoisotopic (exact) mass is 558 g/mol. The van der Waals surface area contributed by atoms with Gasteiger partial charge in [-0.1, -0.05) is 0 Å². The molecule has 10 nitrogen and oxygen atoms in total. The highest BCUT2D eigenvalue weighted by Gasteiger charge is 2.55. The number of nitrogens with one attached hydrogen (secondary N) is 1. The average molecular weight is 559 g/mol. The van der Waals surface area contributed by atoms with Crippen LogP contribution in [0, 0.1) is 0 Å². The van der Waals surface area contributed by atoms with E-state index >= 15 is 0 Å². The van der Waals surface area contributed by atoms with Crippen LogP contribution >= 0.6 is 0 Å².